The fourth-order valence-corrected chi connectivity index (χ4v) is 2.70. The standard InChI is InChI=1S/C22H26F3N3O2/c1-14(2)15(3)30-21(27-4)20-11-17(22(23,24)25)13-28(20)18-7-5-6-16(10-18)8-9-19(29)12-26/h5-7,10-11,13-14H,3,8-9,12,26H2,1-2,4H3. The molecule has 0 aliphatic carbocycles. The highest BCUT2D eigenvalue weighted by atomic mass is 19.4. The van der Waals surface area contributed by atoms with Gasteiger partial charge in [-0.25, -0.2) is 0 Å². The topological polar surface area (TPSA) is 69.6 Å². The minimum absolute atomic E-state index is 0.0318. The van der Waals surface area contributed by atoms with E-state index in [0.717, 1.165) is 17.8 Å². The van der Waals surface area contributed by atoms with Crippen molar-refractivity contribution in [3.05, 3.63) is 65.7 Å². The second-order valence-corrected chi connectivity index (χ2v) is 7.15. The fraction of sp³-hybridized carbons (Fsp3) is 0.364. The van der Waals surface area contributed by atoms with Gasteiger partial charge in [0.1, 0.15) is 17.2 Å². The van der Waals surface area contributed by atoms with Gasteiger partial charge in [0.05, 0.1) is 12.1 Å². The van der Waals surface area contributed by atoms with Crippen LogP contribution in [0.1, 0.15) is 37.1 Å². The molecule has 0 unspecified atom stereocenters. The number of aromatic nitrogens is 1. The predicted molar refractivity (Wildman–Crippen MR) is 111 cm³/mol. The van der Waals surface area contributed by atoms with Crippen molar-refractivity contribution in [1.82, 2.24) is 4.57 Å². The van der Waals surface area contributed by atoms with Crippen molar-refractivity contribution < 1.29 is 22.7 Å². The number of carbonyl (C=O) groups excluding carboxylic acids is 1. The van der Waals surface area contributed by atoms with Crippen LogP contribution in [-0.4, -0.2) is 29.8 Å². The number of allylic oxidation sites excluding steroid dienone is 1. The summed E-state index contributed by atoms with van der Waals surface area (Å²) in [6, 6.07) is 7.96. The number of aryl methyl sites for hydroxylation is 1. The largest absolute Gasteiger partial charge is 0.442 e. The van der Waals surface area contributed by atoms with Crippen molar-refractivity contribution >= 4 is 11.7 Å². The molecule has 1 heterocycles. The van der Waals surface area contributed by atoms with Crippen LogP contribution in [0.2, 0.25) is 0 Å². The van der Waals surface area contributed by atoms with Gasteiger partial charge in [0.2, 0.25) is 5.90 Å². The molecule has 0 saturated carbocycles. The number of carbonyl (C=O) groups is 1. The first kappa shape index (κ1) is 23.4. The first-order valence-electron chi connectivity index (χ1n) is 9.51. The Morgan fingerprint density at radius 2 is 2.00 bits per heavy atom. The molecule has 162 valence electrons. The first-order valence-corrected chi connectivity index (χ1v) is 9.51. The summed E-state index contributed by atoms with van der Waals surface area (Å²) in [5.41, 5.74) is 5.98. The quantitative estimate of drug-likeness (QED) is 0.387. The van der Waals surface area contributed by atoms with Gasteiger partial charge in [-0.1, -0.05) is 32.6 Å². The van der Waals surface area contributed by atoms with E-state index in [0.29, 0.717) is 17.9 Å². The van der Waals surface area contributed by atoms with Crippen LogP contribution in [0.25, 0.3) is 5.69 Å². The number of alkyl halides is 3. The summed E-state index contributed by atoms with van der Waals surface area (Å²) in [6.07, 6.45) is -2.81. The van der Waals surface area contributed by atoms with E-state index in [1.807, 2.05) is 19.9 Å². The van der Waals surface area contributed by atoms with Gasteiger partial charge in [-0.05, 0) is 30.2 Å². The molecule has 2 aromatic rings. The van der Waals surface area contributed by atoms with Gasteiger partial charge in [0, 0.05) is 31.3 Å². The summed E-state index contributed by atoms with van der Waals surface area (Å²) in [4.78, 5) is 15.5. The lowest BCUT2D eigenvalue weighted by Crippen LogP contribution is -2.14. The monoisotopic (exact) mass is 421 g/mol. The molecule has 30 heavy (non-hydrogen) atoms. The zero-order valence-electron chi connectivity index (χ0n) is 17.3. The number of hydrogen-bond acceptors (Lipinski definition) is 4. The van der Waals surface area contributed by atoms with Crippen LogP contribution in [0.5, 0.6) is 0 Å². The number of benzene rings is 1. The minimum Gasteiger partial charge on any atom is -0.442 e. The van der Waals surface area contributed by atoms with Gasteiger partial charge in [-0.3, -0.25) is 9.79 Å². The van der Waals surface area contributed by atoms with Crippen LogP contribution in [0.3, 0.4) is 0 Å². The highest BCUT2D eigenvalue weighted by Gasteiger charge is 2.34. The van der Waals surface area contributed by atoms with Gasteiger partial charge in [-0.2, -0.15) is 13.2 Å². The zero-order chi connectivity index (χ0) is 22.5. The molecule has 0 atom stereocenters. The number of ether oxygens (including phenoxy) is 1. The number of nitrogens with zero attached hydrogens (tertiary/aromatic N) is 2. The molecule has 0 aliphatic rings. The molecule has 0 amide bonds. The van der Waals surface area contributed by atoms with E-state index in [9.17, 15) is 18.0 Å². The van der Waals surface area contributed by atoms with Crippen molar-refractivity contribution in [2.45, 2.75) is 32.9 Å². The molecule has 0 radical (unpaired) electrons. The summed E-state index contributed by atoms with van der Waals surface area (Å²) < 4.78 is 47.3. The first-order chi connectivity index (χ1) is 14.1. The minimum atomic E-state index is -4.53. The average Bonchev–Trinajstić information content (AvgIpc) is 3.15. The molecule has 2 rings (SSSR count). The van der Waals surface area contributed by atoms with Crippen molar-refractivity contribution in [3.8, 4) is 5.69 Å². The lowest BCUT2D eigenvalue weighted by molar-refractivity contribution is -0.137. The third-order valence-corrected chi connectivity index (χ3v) is 4.55. The number of nitrogens with two attached hydrogens (primary N) is 1. The van der Waals surface area contributed by atoms with Gasteiger partial charge in [-0.15, -0.1) is 0 Å². The van der Waals surface area contributed by atoms with Crippen molar-refractivity contribution in [1.29, 1.82) is 0 Å². The van der Waals surface area contributed by atoms with Crippen LogP contribution in [0.4, 0.5) is 13.2 Å². The normalized spacial score (nSPS) is 12.3. The lowest BCUT2D eigenvalue weighted by atomic mass is 10.1. The van der Waals surface area contributed by atoms with Gasteiger partial charge >= 0.3 is 6.18 Å². The molecule has 2 N–H and O–H groups in total. The van der Waals surface area contributed by atoms with E-state index in [2.05, 4.69) is 11.6 Å². The Bertz CT molecular complexity index is 943. The number of hydrogen-bond donors (Lipinski definition) is 1. The summed E-state index contributed by atoms with van der Waals surface area (Å²) in [5, 5.41) is 0. The molecule has 0 spiro atoms. The highest BCUT2D eigenvalue weighted by molar-refractivity contribution is 5.94. The SMILES string of the molecule is C=C(OC(=NC)c1cc(C(F)(F)F)cn1-c1cccc(CCC(=O)CN)c1)C(C)C. The second-order valence-electron chi connectivity index (χ2n) is 7.15. The van der Waals surface area contributed by atoms with Crippen molar-refractivity contribution in [3.63, 3.8) is 0 Å². The van der Waals surface area contributed by atoms with Crippen LogP contribution < -0.4 is 5.73 Å². The summed E-state index contributed by atoms with van der Waals surface area (Å²) in [5.74, 6) is 0.317. The molecule has 0 fully saturated rings. The molecule has 8 heteroatoms. The third kappa shape index (κ3) is 5.82. The molecule has 5 nitrogen and oxygen atoms in total. The Morgan fingerprint density at radius 3 is 2.57 bits per heavy atom. The molecule has 0 bridgehead atoms. The third-order valence-electron chi connectivity index (χ3n) is 4.55. The molecular weight excluding hydrogens is 395 g/mol. The van der Waals surface area contributed by atoms with E-state index in [1.54, 1.807) is 18.2 Å². The average molecular weight is 421 g/mol. The van der Waals surface area contributed by atoms with Crippen molar-refractivity contribution in [2.75, 3.05) is 13.6 Å². The number of ketones is 1. The van der Waals surface area contributed by atoms with E-state index < -0.39 is 11.7 Å². The summed E-state index contributed by atoms with van der Waals surface area (Å²) in [7, 11) is 1.45. The van der Waals surface area contributed by atoms with Gasteiger partial charge < -0.3 is 15.0 Å². The number of halogens is 3. The number of rotatable bonds is 8. The Labute approximate surface area is 174 Å². The fourth-order valence-electron chi connectivity index (χ4n) is 2.70. The van der Waals surface area contributed by atoms with Crippen LogP contribution in [-0.2, 0) is 22.1 Å². The van der Waals surface area contributed by atoms with E-state index in [-0.39, 0.29) is 36.3 Å². The Hall–Kier alpha value is -2.87. The Balaban J connectivity index is 2.50. The van der Waals surface area contributed by atoms with E-state index in [1.165, 1.54) is 11.6 Å². The smallest absolute Gasteiger partial charge is 0.417 e. The molecule has 1 aromatic carbocycles. The molecular formula is C22H26F3N3O2. The molecule has 0 saturated heterocycles. The summed E-state index contributed by atoms with van der Waals surface area (Å²) in [6.45, 7) is 7.50. The maximum absolute atomic E-state index is 13.4. The maximum atomic E-state index is 13.4. The number of Topliss-reactive ketones (excluding diaryl/α,β-unsaturated/α-hetero) is 1. The van der Waals surface area contributed by atoms with Gasteiger partial charge in [0.15, 0.2) is 0 Å². The van der Waals surface area contributed by atoms with Crippen LogP contribution >= 0.6 is 0 Å². The van der Waals surface area contributed by atoms with Crippen molar-refractivity contribution in [2.24, 2.45) is 16.6 Å². The van der Waals surface area contributed by atoms with E-state index in [4.69, 9.17) is 10.5 Å². The lowest BCUT2D eigenvalue weighted by Gasteiger charge is -2.16. The Morgan fingerprint density at radius 1 is 1.30 bits per heavy atom. The van der Waals surface area contributed by atoms with E-state index >= 15 is 0 Å². The van der Waals surface area contributed by atoms with Crippen LogP contribution in [0, 0.1) is 5.92 Å². The zero-order valence-corrected chi connectivity index (χ0v) is 17.3. The second kappa shape index (κ2) is 9.75. The van der Waals surface area contributed by atoms with Gasteiger partial charge in [0.25, 0.3) is 0 Å². The summed E-state index contributed by atoms with van der Waals surface area (Å²) >= 11 is 0. The molecule has 0 aliphatic heterocycles. The maximum Gasteiger partial charge on any atom is 0.417 e. The highest BCUT2D eigenvalue weighted by Crippen LogP contribution is 2.32. The molecule has 1 aromatic heterocycles. The van der Waals surface area contributed by atoms with Crippen LogP contribution in [0.15, 0.2) is 53.9 Å². The predicted octanol–water partition coefficient (Wildman–Crippen LogP) is 4.52. The Kier molecular flexibility index (Phi) is 7.61. The number of aliphatic imine (C=N–C) groups is 1.